The van der Waals surface area contributed by atoms with E-state index in [1.165, 1.54) is 13.0 Å². The van der Waals surface area contributed by atoms with Gasteiger partial charge in [-0.3, -0.25) is 9.59 Å². The fourth-order valence-electron chi connectivity index (χ4n) is 2.22. The third-order valence-electron chi connectivity index (χ3n) is 3.61. The largest absolute Gasteiger partial charge is 0.416 e. The quantitative estimate of drug-likeness (QED) is 0.735. The number of alkyl halides is 3. The van der Waals surface area contributed by atoms with Crippen molar-refractivity contribution in [3.8, 4) is 0 Å². The van der Waals surface area contributed by atoms with Crippen molar-refractivity contribution in [3.63, 3.8) is 0 Å². The van der Waals surface area contributed by atoms with E-state index in [0.717, 1.165) is 25.0 Å². The van der Waals surface area contributed by atoms with Gasteiger partial charge in [-0.1, -0.05) is 15.9 Å². The van der Waals surface area contributed by atoms with Gasteiger partial charge in [0.05, 0.1) is 11.5 Å². The molecule has 2 nitrogen and oxygen atoms in total. The van der Waals surface area contributed by atoms with E-state index >= 15 is 0 Å². The van der Waals surface area contributed by atoms with Crippen molar-refractivity contribution in [2.75, 3.05) is 0 Å². The molecule has 0 radical (unpaired) electrons. The third-order valence-corrected chi connectivity index (χ3v) is 4.38. The smallest absolute Gasteiger partial charge is 0.299 e. The zero-order chi connectivity index (χ0) is 15.8. The van der Waals surface area contributed by atoms with E-state index in [2.05, 4.69) is 15.9 Å². The molecule has 0 heterocycles. The number of hydrogen-bond donors (Lipinski definition) is 0. The lowest BCUT2D eigenvalue weighted by Crippen LogP contribution is -2.26. The monoisotopic (exact) mass is 362 g/mol. The molecular weight excluding hydrogens is 349 g/mol. The molecule has 1 unspecified atom stereocenters. The Bertz CT molecular complexity index is 577. The molecule has 1 aromatic rings. The molecule has 114 valence electrons. The summed E-state index contributed by atoms with van der Waals surface area (Å²) in [5.74, 6) is -1.39. The zero-order valence-corrected chi connectivity index (χ0v) is 12.9. The van der Waals surface area contributed by atoms with E-state index < -0.39 is 17.7 Å². The Morgan fingerprint density at radius 2 is 1.95 bits per heavy atom. The van der Waals surface area contributed by atoms with Gasteiger partial charge < -0.3 is 0 Å². The predicted octanol–water partition coefficient (Wildman–Crippen LogP) is 4.19. The summed E-state index contributed by atoms with van der Waals surface area (Å²) in [4.78, 5) is 23.7. The maximum Gasteiger partial charge on any atom is 0.416 e. The van der Waals surface area contributed by atoms with Gasteiger partial charge in [0.25, 0.3) is 0 Å². The summed E-state index contributed by atoms with van der Waals surface area (Å²) in [6.45, 7) is 1.31. The molecule has 0 spiro atoms. The van der Waals surface area contributed by atoms with Crippen molar-refractivity contribution in [2.24, 2.45) is 11.8 Å². The van der Waals surface area contributed by atoms with Crippen LogP contribution in [-0.2, 0) is 22.2 Å². The van der Waals surface area contributed by atoms with Gasteiger partial charge in [-0.05, 0) is 49.9 Å². The second-order valence-corrected chi connectivity index (χ2v) is 6.20. The van der Waals surface area contributed by atoms with Crippen molar-refractivity contribution < 1.29 is 22.8 Å². The molecule has 1 saturated carbocycles. The Labute approximate surface area is 128 Å². The fourth-order valence-corrected chi connectivity index (χ4v) is 2.63. The van der Waals surface area contributed by atoms with Crippen LogP contribution in [0.2, 0.25) is 0 Å². The first-order chi connectivity index (χ1) is 9.70. The maximum atomic E-state index is 12.7. The van der Waals surface area contributed by atoms with Crippen LogP contribution in [-0.4, -0.2) is 11.6 Å². The van der Waals surface area contributed by atoms with Crippen LogP contribution >= 0.6 is 15.9 Å². The average Bonchev–Trinajstić information content (AvgIpc) is 3.19. The van der Waals surface area contributed by atoms with Gasteiger partial charge in [-0.25, -0.2) is 0 Å². The van der Waals surface area contributed by atoms with Crippen LogP contribution < -0.4 is 0 Å². The minimum absolute atomic E-state index is 0.00910. The normalized spacial score (nSPS) is 16.6. The first kappa shape index (κ1) is 16.2. The molecule has 1 fully saturated rings. The molecule has 1 aromatic carbocycles. The molecule has 1 aliphatic carbocycles. The van der Waals surface area contributed by atoms with E-state index in [0.29, 0.717) is 10.0 Å². The zero-order valence-electron chi connectivity index (χ0n) is 11.3. The molecule has 0 N–H and O–H groups in total. The highest BCUT2D eigenvalue weighted by molar-refractivity contribution is 9.10. The first-order valence-electron chi connectivity index (χ1n) is 6.60. The molecule has 1 aliphatic rings. The topological polar surface area (TPSA) is 34.1 Å². The Morgan fingerprint density at radius 1 is 1.33 bits per heavy atom. The van der Waals surface area contributed by atoms with Gasteiger partial charge in [-0.15, -0.1) is 0 Å². The summed E-state index contributed by atoms with van der Waals surface area (Å²) in [7, 11) is 0. The minimum Gasteiger partial charge on any atom is -0.299 e. The van der Waals surface area contributed by atoms with E-state index in [1.807, 2.05) is 0 Å². The Hall–Kier alpha value is -1.17. The van der Waals surface area contributed by atoms with Gasteiger partial charge in [0.15, 0.2) is 0 Å². The van der Waals surface area contributed by atoms with Crippen molar-refractivity contribution in [3.05, 3.63) is 33.8 Å². The fraction of sp³-hybridized carbons (Fsp3) is 0.467. The highest BCUT2D eigenvalue weighted by atomic mass is 79.9. The number of rotatable bonds is 5. The molecular formula is C15H14BrF3O2. The van der Waals surface area contributed by atoms with Crippen molar-refractivity contribution in [1.82, 2.24) is 0 Å². The molecule has 0 bridgehead atoms. The predicted molar refractivity (Wildman–Crippen MR) is 74.8 cm³/mol. The van der Waals surface area contributed by atoms with Gasteiger partial charge in [0.2, 0.25) is 0 Å². The molecule has 0 aromatic heterocycles. The standard InChI is InChI=1S/C15H14BrF3O2/c1-8(20)12(14(21)9-2-3-9)7-10-6-11(15(17,18)19)4-5-13(10)16/h4-6,9,12H,2-3,7H2,1H3. The summed E-state index contributed by atoms with van der Waals surface area (Å²) in [6, 6.07) is 3.27. The van der Waals surface area contributed by atoms with E-state index in [4.69, 9.17) is 0 Å². The lowest BCUT2D eigenvalue weighted by molar-refractivity contribution is -0.137. The SMILES string of the molecule is CC(=O)C(Cc1cc(C(F)(F)F)ccc1Br)C(=O)C1CC1. The number of ketones is 2. The third kappa shape index (κ3) is 3.93. The van der Waals surface area contributed by atoms with Crippen LogP contribution in [0.1, 0.15) is 30.9 Å². The van der Waals surface area contributed by atoms with E-state index in [-0.39, 0.29) is 23.9 Å². The van der Waals surface area contributed by atoms with E-state index in [1.54, 1.807) is 0 Å². The summed E-state index contributed by atoms with van der Waals surface area (Å²) in [5, 5.41) is 0. The molecule has 2 rings (SSSR count). The number of benzene rings is 1. The lowest BCUT2D eigenvalue weighted by Gasteiger charge is -2.15. The van der Waals surface area contributed by atoms with Crippen LogP contribution in [0.5, 0.6) is 0 Å². The maximum absolute atomic E-state index is 12.7. The van der Waals surface area contributed by atoms with Crippen LogP contribution in [0.4, 0.5) is 13.2 Å². The second kappa shape index (κ2) is 5.91. The highest BCUT2D eigenvalue weighted by Crippen LogP contribution is 2.36. The number of carbonyl (C=O) groups excluding carboxylic acids is 2. The lowest BCUT2D eigenvalue weighted by atomic mass is 9.89. The molecule has 0 amide bonds. The first-order valence-corrected chi connectivity index (χ1v) is 7.39. The van der Waals surface area contributed by atoms with Gasteiger partial charge in [0, 0.05) is 10.4 Å². The van der Waals surface area contributed by atoms with Gasteiger partial charge in [0.1, 0.15) is 11.6 Å². The van der Waals surface area contributed by atoms with Crippen molar-refractivity contribution in [1.29, 1.82) is 0 Å². The number of hydrogen-bond acceptors (Lipinski definition) is 2. The van der Waals surface area contributed by atoms with Crippen molar-refractivity contribution >= 4 is 27.5 Å². The van der Waals surface area contributed by atoms with Crippen LogP contribution in [0.15, 0.2) is 22.7 Å². The van der Waals surface area contributed by atoms with Crippen molar-refractivity contribution in [2.45, 2.75) is 32.4 Å². The summed E-state index contributed by atoms with van der Waals surface area (Å²) in [5.41, 5.74) is -0.444. The number of halogens is 4. The summed E-state index contributed by atoms with van der Waals surface area (Å²) >= 11 is 3.19. The second-order valence-electron chi connectivity index (χ2n) is 5.35. The number of Topliss-reactive ketones (excluding diaryl/α,β-unsaturated/α-hetero) is 2. The Morgan fingerprint density at radius 3 is 2.43 bits per heavy atom. The van der Waals surface area contributed by atoms with Gasteiger partial charge in [-0.2, -0.15) is 13.2 Å². The molecule has 6 heteroatoms. The Kier molecular flexibility index (Phi) is 4.56. The number of carbonyl (C=O) groups is 2. The summed E-state index contributed by atoms with van der Waals surface area (Å²) < 4.78 is 38.7. The van der Waals surface area contributed by atoms with E-state index in [9.17, 15) is 22.8 Å². The summed E-state index contributed by atoms with van der Waals surface area (Å²) in [6.07, 6.45) is -2.89. The molecule has 1 atom stereocenters. The van der Waals surface area contributed by atoms with Gasteiger partial charge >= 0.3 is 6.18 Å². The highest BCUT2D eigenvalue weighted by Gasteiger charge is 2.37. The van der Waals surface area contributed by atoms with Crippen LogP contribution in [0, 0.1) is 11.8 Å². The average molecular weight is 363 g/mol. The van der Waals surface area contributed by atoms with Crippen LogP contribution in [0.3, 0.4) is 0 Å². The molecule has 21 heavy (non-hydrogen) atoms. The van der Waals surface area contributed by atoms with Crippen LogP contribution in [0.25, 0.3) is 0 Å². The molecule has 0 saturated heterocycles. The minimum atomic E-state index is -4.44. The Balaban J connectivity index is 2.27. The molecule has 0 aliphatic heterocycles.